The lowest BCUT2D eigenvalue weighted by Gasteiger charge is -2.11. The summed E-state index contributed by atoms with van der Waals surface area (Å²) < 4.78 is 0. The third-order valence-electron chi connectivity index (χ3n) is 2.84. The van der Waals surface area contributed by atoms with Crippen LogP contribution >= 0.6 is 0 Å². The molecule has 1 N–H and O–H groups in total. The van der Waals surface area contributed by atoms with Crippen molar-refractivity contribution in [2.24, 2.45) is 5.92 Å². The Morgan fingerprint density at radius 3 is 2.53 bits per heavy atom. The Morgan fingerprint density at radius 2 is 1.94 bits per heavy atom. The summed E-state index contributed by atoms with van der Waals surface area (Å²) in [5.41, 5.74) is 2.17. The van der Waals surface area contributed by atoms with Crippen LogP contribution in [0.25, 0.3) is 0 Å². The topological polar surface area (TPSA) is 37.8 Å². The van der Waals surface area contributed by atoms with Gasteiger partial charge in [0.25, 0.3) is 0 Å². The van der Waals surface area contributed by atoms with E-state index in [1.54, 1.807) is 0 Å². The molecule has 1 aromatic heterocycles. The van der Waals surface area contributed by atoms with Crippen LogP contribution in [-0.4, -0.2) is 16.5 Å². The van der Waals surface area contributed by atoms with Gasteiger partial charge in [0, 0.05) is 18.2 Å². The highest BCUT2D eigenvalue weighted by Crippen LogP contribution is 2.15. The van der Waals surface area contributed by atoms with Gasteiger partial charge in [-0.1, -0.05) is 27.7 Å². The lowest BCUT2D eigenvalue weighted by Crippen LogP contribution is -2.20. The molecule has 0 bridgehead atoms. The van der Waals surface area contributed by atoms with Crippen LogP contribution in [0.15, 0.2) is 6.07 Å². The van der Waals surface area contributed by atoms with Crippen molar-refractivity contribution < 1.29 is 0 Å². The first-order chi connectivity index (χ1) is 8.02. The van der Waals surface area contributed by atoms with Crippen molar-refractivity contribution in [3.8, 4) is 0 Å². The van der Waals surface area contributed by atoms with E-state index in [-0.39, 0.29) is 0 Å². The first-order valence-corrected chi connectivity index (χ1v) is 6.58. The number of rotatable bonds is 6. The van der Waals surface area contributed by atoms with E-state index in [9.17, 15) is 0 Å². The number of aromatic nitrogens is 2. The van der Waals surface area contributed by atoms with Crippen LogP contribution in [0.1, 0.15) is 57.2 Å². The largest absolute Gasteiger partial charge is 0.311 e. The van der Waals surface area contributed by atoms with Crippen LogP contribution < -0.4 is 5.32 Å². The summed E-state index contributed by atoms with van der Waals surface area (Å²) in [6, 6.07) is 2.07. The number of hydrogen-bond donors (Lipinski definition) is 1. The highest BCUT2D eigenvalue weighted by molar-refractivity contribution is 5.11. The minimum absolute atomic E-state index is 0.443. The quantitative estimate of drug-likeness (QED) is 0.823. The van der Waals surface area contributed by atoms with E-state index in [2.05, 4.69) is 49.0 Å². The molecular formula is C14H25N3. The summed E-state index contributed by atoms with van der Waals surface area (Å²) in [5, 5.41) is 3.42. The third-order valence-corrected chi connectivity index (χ3v) is 2.84. The fraction of sp³-hybridized carbons (Fsp3) is 0.714. The SMILES string of the molecule is CCC(C)c1nc(C)cc(CNCC(C)C)n1. The molecule has 1 heterocycles. The van der Waals surface area contributed by atoms with Crippen molar-refractivity contribution in [1.82, 2.24) is 15.3 Å². The van der Waals surface area contributed by atoms with Crippen LogP contribution in [0.2, 0.25) is 0 Å². The van der Waals surface area contributed by atoms with Gasteiger partial charge in [-0.3, -0.25) is 0 Å². The van der Waals surface area contributed by atoms with E-state index >= 15 is 0 Å². The Morgan fingerprint density at radius 1 is 1.24 bits per heavy atom. The number of hydrogen-bond acceptors (Lipinski definition) is 3. The molecule has 0 spiro atoms. The molecule has 0 aliphatic heterocycles. The minimum atomic E-state index is 0.443. The van der Waals surface area contributed by atoms with E-state index in [1.165, 1.54) is 0 Å². The lowest BCUT2D eigenvalue weighted by atomic mass is 10.1. The number of nitrogens with zero attached hydrogens (tertiary/aromatic N) is 2. The Balaban J connectivity index is 2.69. The molecule has 0 aliphatic rings. The highest BCUT2D eigenvalue weighted by Gasteiger charge is 2.08. The van der Waals surface area contributed by atoms with Crippen molar-refractivity contribution in [3.63, 3.8) is 0 Å². The molecule has 96 valence electrons. The molecule has 3 heteroatoms. The van der Waals surface area contributed by atoms with Gasteiger partial charge in [0.15, 0.2) is 0 Å². The molecule has 0 saturated heterocycles. The van der Waals surface area contributed by atoms with Gasteiger partial charge >= 0.3 is 0 Å². The predicted octanol–water partition coefficient (Wildman–Crippen LogP) is 3.04. The highest BCUT2D eigenvalue weighted by atomic mass is 14.9. The molecular weight excluding hydrogens is 210 g/mol. The van der Waals surface area contributed by atoms with Gasteiger partial charge in [0.05, 0.1) is 5.69 Å². The monoisotopic (exact) mass is 235 g/mol. The van der Waals surface area contributed by atoms with Crippen LogP contribution in [0.3, 0.4) is 0 Å². The molecule has 3 nitrogen and oxygen atoms in total. The van der Waals surface area contributed by atoms with Gasteiger partial charge in [-0.25, -0.2) is 9.97 Å². The molecule has 1 aromatic rings. The second-order valence-corrected chi connectivity index (χ2v) is 5.19. The molecule has 0 saturated carbocycles. The minimum Gasteiger partial charge on any atom is -0.311 e. The van der Waals surface area contributed by atoms with E-state index < -0.39 is 0 Å². The van der Waals surface area contributed by atoms with Crippen molar-refractivity contribution in [3.05, 3.63) is 23.3 Å². The zero-order chi connectivity index (χ0) is 12.8. The second kappa shape index (κ2) is 6.70. The normalized spacial score (nSPS) is 13.1. The second-order valence-electron chi connectivity index (χ2n) is 5.19. The first kappa shape index (κ1) is 14.1. The van der Waals surface area contributed by atoms with E-state index in [4.69, 9.17) is 0 Å². The molecule has 0 amide bonds. The van der Waals surface area contributed by atoms with Crippen LogP contribution in [0.4, 0.5) is 0 Å². The number of nitrogens with one attached hydrogen (secondary N) is 1. The number of aryl methyl sites for hydroxylation is 1. The van der Waals surface area contributed by atoms with Crippen LogP contribution in [0, 0.1) is 12.8 Å². The molecule has 0 aliphatic carbocycles. The molecule has 17 heavy (non-hydrogen) atoms. The maximum Gasteiger partial charge on any atom is 0.131 e. The zero-order valence-electron chi connectivity index (χ0n) is 11.7. The molecule has 1 unspecified atom stereocenters. The standard InChI is InChI=1S/C14H25N3/c1-6-11(4)14-16-12(5)7-13(17-14)9-15-8-10(2)3/h7,10-11,15H,6,8-9H2,1-5H3. The molecule has 0 radical (unpaired) electrons. The smallest absolute Gasteiger partial charge is 0.131 e. The van der Waals surface area contributed by atoms with E-state index in [0.717, 1.165) is 36.7 Å². The summed E-state index contributed by atoms with van der Waals surface area (Å²) in [5.74, 6) is 2.10. The van der Waals surface area contributed by atoms with Gasteiger partial charge in [0.1, 0.15) is 5.82 Å². The molecule has 1 rings (SSSR count). The Hall–Kier alpha value is -0.960. The maximum absolute atomic E-state index is 4.63. The van der Waals surface area contributed by atoms with Crippen molar-refractivity contribution in [1.29, 1.82) is 0 Å². The van der Waals surface area contributed by atoms with E-state index in [0.29, 0.717) is 11.8 Å². The van der Waals surface area contributed by atoms with Gasteiger partial charge in [-0.05, 0) is 31.9 Å². The average molecular weight is 235 g/mol. The van der Waals surface area contributed by atoms with Gasteiger partial charge < -0.3 is 5.32 Å². The Bertz CT molecular complexity index is 347. The fourth-order valence-electron chi connectivity index (χ4n) is 1.64. The van der Waals surface area contributed by atoms with Crippen molar-refractivity contribution >= 4 is 0 Å². The third kappa shape index (κ3) is 4.82. The lowest BCUT2D eigenvalue weighted by molar-refractivity contribution is 0.544. The predicted molar refractivity (Wildman–Crippen MR) is 72.0 cm³/mol. The van der Waals surface area contributed by atoms with E-state index in [1.807, 2.05) is 6.92 Å². The van der Waals surface area contributed by atoms with Gasteiger partial charge in [-0.15, -0.1) is 0 Å². The summed E-state index contributed by atoms with van der Waals surface area (Å²) in [7, 11) is 0. The summed E-state index contributed by atoms with van der Waals surface area (Å²) in [4.78, 5) is 9.14. The maximum atomic E-state index is 4.63. The first-order valence-electron chi connectivity index (χ1n) is 6.58. The molecule has 0 fully saturated rings. The Labute approximate surface area is 105 Å². The Kier molecular flexibility index (Phi) is 5.56. The zero-order valence-corrected chi connectivity index (χ0v) is 11.7. The average Bonchev–Trinajstić information content (AvgIpc) is 2.26. The van der Waals surface area contributed by atoms with Crippen LogP contribution in [-0.2, 0) is 6.54 Å². The summed E-state index contributed by atoms with van der Waals surface area (Å²) in [6.07, 6.45) is 1.09. The van der Waals surface area contributed by atoms with Gasteiger partial charge in [-0.2, -0.15) is 0 Å². The van der Waals surface area contributed by atoms with Crippen molar-refractivity contribution in [2.75, 3.05) is 6.54 Å². The fourth-order valence-corrected chi connectivity index (χ4v) is 1.64. The summed E-state index contributed by atoms with van der Waals surface area (Å²) >= 11 is 0. The van der Waals surface area contributed by atoms with Crippen molar-refractivity contribution in [2.45, 2.75) is 53.5 Å². The van der Waals surface area contributed by atoms with Crippen LogP contribution in [0.5, 0.6) is 0 Å². The molecule has 0 aromatic carbocycles. The van der Waals surface area contributed by atoms with Gasteiger partial charge in [0.2, 0.25) is 0 Å². The molecule has 1 atom stereocenters. The summed E-state index contributed by atoms with van der Waals surface area (Å²) in [6.45, 7) is 12.7.